The van der Waals surface area contributed by atoms with Gasteiger partial charge < -0.3 is 10.1 Å². The van der Waals surface area contributed by atoms with Crippen LogP contribution in [0.1, 0.15) is 52.7 Å². The Balaban J connectivity index is 1.57. The summed E-state index contributed by atoms with van der Waals surface area (Å²) in [6.07, 6.45) is 4.08. The van der Waals surface area contributed by atoms with E-state index in [1.54, 1.807) is 0 Å². The van der Waals surface area contributed by atoms with E-state index in [4.69, 9.17) is 4.74 Å². The van der Waals surface area contributed by atoms with Gasteiger partial charge in [-0.15, -0.1) is 0 Å². The maximum absolute atomic E-state index is 11.8. The molecule has 1 heterocycles. The first-order valence-electron chi connectivity index (χ1n) is 9.40. The molecular weight excluding hydrogens is 390 g/mol. The first-order valence-corrected chi connectivity index (χ1v) is 10.2. The van der Waals surface area contributed by atoms with Crippen molar-refractivity contribution in [3.05, 3.63) is 63.6 Å². The molecular formula is C22H22BrNO2. The van der Waals surface area contributed by atoms with Crippen molar-refractivity contribution >= 4 is 27.6 Å². The molecule has 0 amide bonds. The van der Waals surface area contributed by atoms with Gasteiger partial charge in [0.1, 0.15) is 0 Å². The highest BCUT2D eigenvalue weighted by Gasteiger charge is 2.53. The zero-order chi connectivity index (χ0) is 17.8. The molecule has 0 saturated heterocycles. The molecule has 0 aromatic heterocycles. The number of nitrogens with one attached hydrogen (secondary N) is 1. The van der Waals surface area contributed by atoms with Crippen molar-refractivity contribution in [2.75, 3.05) is 12.4 Å². The van der Waals surface area contributed by atoms with Crippen molar-refractivity contribution in [3.8, 4) is 0 Å². The van der Waals surface area contributed by atoms with Crippen molar-refractivity contribution in [2.24, 2.45) is 17.8 Å². The number of hydrogen-bond acceptors (Lipinski definition) is 3. The van der Waals surface area contributed by atoms with Gasteiger partial charge in [0.25, 0.3) is 0 Å². The van der Waals surface area contributed by atoms with Crippen LogP contribution in [0.25, 0.3) is 0 Å². The number of ether oxygens (including phenoxy) is 1. The SMILES string of the molecule is COC(=O)c1ccc(C2Nc3c(Br)cccc3C3C4CCC(C4)C23)cc1. The Hall–Kier alpha value is -1.81. The normalized spacial score (nSPS) is 31.1. The molecule has 3 aliphatic rings. The van der Waals surface area contributed by atoms with Crippen LogP contribution >= 0.6 is 15.9 Å². The van der Waals surface area contributed by atoms with Crippen molar-refractivity contribution < 1.29 is 9.53 Å². The molecule has 0 spiro atoms. The lowest BCUT2D eigenvalue weighted by Crippen LogP contribution is -2.35. The minimum Gasteiger partial charge on any atom is -0.465 e. The molecule has 2 aromatic carbocycles. The van der Waals surface area contributed by atoms with Crippen molar-refractivity contribution in [1.82, 2.24) is 0 Å². The number of carbonyl (C=O) groups excluding carboxylic acids is 1. The van der Waals surface area contributed by atoms with Crippen molar-refractivity contribution in [3.63, 3.8) is 0 Å². The standard InChI is InChI=1S/C22H22BrNO2/c1-26-22(25)13-7-5-12(6-8-13)20-19-15-10-9-14(11-15)18(19)16-3-2-4-17(23)21(16)24-20/h2-8,14-15,18-20,24H,9-11H2,1H3. The fraction of sp³-hybridized carbons (Fsp3) is 0.409. The molecule has 4 heteroatoms. The summed E-state index contributed by atoms with van der Waals surface area (Å²) < 4.78 is 5.98. The monoisotopic (exact) mass is 411 g/mol. The summed E-state index contributed by atoms with van der Waals surface area (Å²) in [4.78, 5) is 11.8. The topological polar surface area (TPSA) is 38.3 Å². The molecule has 2 bridgehead atoms. The summed E-state index contributed by atoms with van der Waals surface area (Å²) in [7, 11) is 1.42. The summed E-state index contributed by atoms with van der Waals surface area (Å²) in [5, 5.41) is 3.84. The number of para-hydroxylation sites is 1. The van der Waals surface area contributed by atoms with Gasteiger partial charge in [-0.3, -0.25) is 0 Å². The fourth-order valence-corrected chi connectivity index (χ4v) is 6.25. The molecule has 5 rings (SSSR count). The summed E-state index contributed by atoms with van der Waals surface area (Å²) in [5.74, 6) is 2.62. The van der Waals surface area contributed by atoms with Gasteiger partial charge in [0.05, 0.1) is 24.4 Å². The van der Waals surface area contributed by atoms with E-state index in [1.165, 1.54) is 43.2 Å². The highest BCUT2D eigenvalue weighted by Crippen LogP contribution is 2.64. The van der Waals surface area contributed by atoms with Gasteiger partial charge in [-0.2, -0.15) is 0 Å². The average Bonchev–Trinajstić information content (AvgIpc) is 3.30. The average molecular weight is 412 g/mol. The number of halogens is 1. The van der Waals surface area contributed by atoms with Crippen molar-refractivity contribution in [1.29, 1.82) is 0 Å². The second-order valence-corrected chi connectivity index (χ2v) is 8.73. The molecule has 1 aliphatic heterocycles. The molecule has 2 aromatic rings. The van der Waals surface area contributed by atoms with Gasteiger partial charge >= 0.3 is 5.97 Å². The molecule has 1 N–H and O–H groups in total. The van der Waals surface area contributed by atoms with E-state index < -0.39 is 0 Å². The molecule has 134 valence electrons. The quantitative estimate of drug-likeness (QED) is 0.659. The van der Waals surface area contributed by atoms with Gasteiger partial charge in [0, 0.05) is 4.47 Å². The summed E-state index contributed by atoms with van der Waals surface area (Å²) in [6, 6.07) is 14.9. The number of rotatable bonds is 2. The van der Waals surface area contributed by atoms with Crippen LogP contribution < -0.4 is 5.32 Å². The minimum atomic E-state index is -0.279. The zero-order valence-corrected chi connectivity index (χ0v) is 16.3. The molecule has 5 atom stereocenters. The molecule has 5 unspecified atom stereocenters. The Morgan fingerprint density at radius 3 is 2.65 bits per heavy atom. The van der Waals surface area contributed by atoms with E-state index in [0.717, 1.165) is 16.3 Å². The second kappa shape index (κ2) is 6.12. The summed E-state index contributed by atoms with van der Waals surface area (Å²) >= 11 is 3.75. The molecule has 2 saturated carbocycles. The van der Waals surface area contributed by atoms with Gasteiger partial charge in [-0.05, 0) is 88.2 Å². The van der Waals surface area contributed by atoms with Crippen LogP contribution in [0.2, 0.25) is 0 Å². The lowest BCUT2D eigenvalue weighted by Gasteiger charge is -2.44. The number of hydrogen-bond donors (Lipinski definition) is 1. The predicted molar refractivity (Wildman–Crippen MR) is 105 cm³/mol. The predicted octanol–water partition coefficient (Wildman–Crippen LogP) is 5.53. The molecule has 3 nitrogen and oxygen atoms in total. The van der Waals surface area contributed by atoms with E-state index in [1.807, 2.05) is 12.1 Å². The number of esters is 1. The first-order chi connectivity index (χ1) is 12.7. The number of anilines is 1. The van der Waals surface area contributed by atoms with Crippen LogP contribution in [-0.2, 0) is 4.74 Å². The molecule has 2 fully saturated rings. The van der Waals surface area contributed by atoms with E-state index in [9.17, 15) is 4.79 Å². The van der Waals surface area contributed by atoms with Crippen LogP contribution in [0.5, 0.6) is 0 Å². The van der Waals surface area contributed by atoms with Crippen LogP contribution in [0.4, 0.5) is 5.69 Å². The van der Waals surface area contributed by atoms with E-state index in [2.05, 4.69) is 51.6 Å². The Bertz CT molecular complexity index is 863. The Kier molecular flexibility index (Phi) is 3.85. The molecule has 0 radical (unpaired) electrons. The number of carbonyl (C=O) groups is 1. The third-order valence-electron chi connectivity index (χ3n) is 6.76. The number of fused-ring (bicyclic) bond motifs is 7. The van der Waals surface area contributed by atoms with E-state index in [0.29, 0.717) is 23.4 Å². The van der Waals surface area contributed by atoms with E-state index in [-0.39, 0.29) is 5.97 Å². The summed E-state index contributed by atoms with van der Waals surface area (Å²) in [6.45, 7) is 0. The lowest BCUT2D eigenvalue weighted by molar-refractivity contribution is 0.0600. The van der Waals surface area contributed by atoms with Crippen LogP contribution in [-0.4, -0.2) is 13.1 Å². The third-order valence-corrected chi connectivity index (χ3v) is 7.42. The van der Waals surface area contributed by atoms with Crippen LogP contribution in [0, 0.1) is 17.8 Å². The van der Waals surface area contributed by atoms with Crippen LogP contribution in [0.15, 0.2) is 46.9 Å². The van der Waals surface area contributed by atoms with Gasteiger partial charge in [-0.1, -0.05) is 24.3 Å². The highest BCUT2D eigenvalue weighted by atomic mass is 79.9. The molecule has 2 aliphatic carbocycles. The number of benzene rings is 2. The number of methoxy groups -OCH3 is 1. The zero-order valence-electron chi connectivity index (χ0n) is 14.7. The Labute approximate surface area is 162 Å². The van der Waals surface area contributed by atoms with Crippen LogP contribution in [0.3, 0.4) is 0 Å². The maximum Gasteiger partial charge on any atom is 0.337 e. The first kappa shape index (κ1) is 16.4. The third kappa shape index (κ3) is 2.34. The maximum atomic E-state index is 11.8. The second-order valence-electron chi connectivity index (χ2n) is 7.88. The van der Waals surface area contributed by atoms with Gasteiger partial charge in [0.2, 0.25) is 0 Å². The lowest BCUT2D eigenvalue weighted by atomic mass is 9.68. The van der Waals surface area contributed by atoms with Gasteiger partial charge in [-0.25, -0.2) is 4.79 Å². The summed E-state index contributed by atoms with van der Waals surface area (Å²) in [5.41, 5.74) is 4.61. The Morgan fingerprint density at radius 2 is 1.88 bits per heavy atom. The minimum absolute atomic E-state index is 0.279. The molecule has 26 heavy (non-hydrogen) atoms. The van der Waals surface area contributed by atoms with Gasteiger partial charge in [0.15, 0.2) is 0 Å². The smallest absolute Gasteiger partial charge is 0.337 e. The Morgan fingerprint density at radius 1 is 1.12 bits per heavy atom. The van der Waals surface area contributed by atoms with E-state index >= 15 is 0 Å². The van der Waals surface area contributed by atoms with Crippen molar-refractivity contribution in [2.45, 2.75) is 31.2 Å². The fourth-order valence-electron chi connectivity index (χ4n) is 5.75. The highest BCUT2D eigenvalue weighted by molar-refractivity contribution is 9.10. The largest absolute Gasteiger partial charge is 0.465 e.